The highest BCUT2D eigenvalue weighted by Gasteiger charge is 2.34. The van der Waals surface area contributed by atoms with Gasteiger partial charge in [0.15, 0.2) is 0 Å². The molecule has 0 saturated carbocycles. The minimum Gasteiger partial charge on any atom is -0.316 e. The zero-order valence-corrected chi connectivity index (χ0v) is 11.3. The third-order valence-corrected chi connectivity index (χ3v) is 4.39. The molecular formula is C15H17ClN2. The molecule has 2 heterocycles. The number of hydrogen-bond acceptors (Lipinski definition) is 2. The van der Waals surface area contributed by atoms with Crippen molar-refractivity contribution < 1.29 is 0 Å². The van der Waals surface area contributed by atoms with Crippen LogP contribution in [0.4, 0.5) is 0 Å². The average molecular weight is 261 g/mol. The van der Waals surface area contributed by atoms with E-state index in [4.69, 9.17) is 0 Å². The standard InChI is InChI=1S/C15H16N2.ClH/c1-9-2-3-17-15-6-14-11-4-10(7-16-8-11)13(14)5-12(9)15;/h2-3,5-6,10-11,16H,4,7-8H2,1H3;1H. The Morgan fingerprint density at radius 3 is 2.67 bits per heavy atom. The lowest BCUT2D eigenvalue weighted by Gasteiger charge is -2.19. The predicted octanol–water partition coefficient (Wildman–Crippen LogP) is 3.14. The molecule has 2 nitrogen and oxygen atoms in total. The maximum atomic E-state index is 4.51. The second kappa shape index (κ2) is 4.22. The van der Waals surface area contributed by atoms with Gasteiger partial charge in [-0.15, -0.1) is 12.4 Å². The van der Waals surface area contributed by atoms with E-state index in [1.54, 1.807) is 11.1 Å². The Morgan fingerprint density at radius 2 is 1.89 bits per heavy atom. The summed E-state index contributed by atoms with van der Waals surface area (Å²) in [6, 6.07) is 6.83. The van der Waals surface area contributed by atoms with E-state index in [1.807, 2.05) is 6.20 Å². The molecule has 4 rings (SSSR count). The van der Waals surface area contributed by atoms with Gasteiger partial charge in [-0.05, 0) is 60.1 Å². The van der Waals surface area contributed by atoms with Gasteiger partial charge in [-0.25, -0.2) is 0 Å². The SMILES string of the molecule is Cc1ccnc2cc3c(cc12)C1CNCC3C1.Cl. The van der Waals surface area contributed by atoms with Gasteiger partial charge in [0, 0.05) is 24.7 Å². The van der Waals surface area contributed by atoms with E-state index in [0.29, 0.717) is 0 Å². The van der Waals surface area contributed by atoms with Crippen molar-refractivity contribution in [2.45, 2.75) is 25.2 Å². The number of nitrogens with zero attached hydrogens (tertiary/aromatic N) is 1. The fourth-order valence-corrected chi connectivity index (χ4v) is 3.49. The number of hydrogen-bond donors (Lipinski definition) is 1. The van der Waals surface area contributed by atoms with E-state index in [2.05, 4.69) is 35.4 Å². The molecule has 1 N–H and O–H groups in total. The van der Waals surface area contributed by atoms with Crippen LogP contribution < -0.4 is 5.32 Å². The zero-order valence-electron chi connectivity index (χ0n) is 10.4. The van der Waals surface area contributed by atoms with Crippen LogP contribution in [0.5, 0.6) is 0 Å². The van der Waals surface area contributed by atoms with Crippen molar-refractivity contribution in [3.05, 3.63) is 41.1 Å². The molecule has 2 aliphatic rings. The Morgan fingerprint density at radius 1 is 1.17 bits per heavy atom. The molecule has 1 aliphatic heterocycles. The first kappa shape index (κ1) is 11.9. The molecule has 0 spiro atoms. The molecule has 2 bridgehead atoms. The third-order valence-electron chi connectivity index (χ3n) is 4.39. The lowest BCUT2D eigenvalue weighted by Crippen LogP contribution is -2.28. The topological polar surface area (TPSA) is 24.9 Å². The van der Waals surface area contributed by atoms with Gasteiger partial charge in [0.05, 0.1) is 5.52 Å². The van der Waals surface area contributed by atoms with Gasteiger partial charge < -0.3 is 5.32 Å². The number of nitrogens with one attached hydrogen (secondary N) is 1. The normalized spacial score (nSPS) is 24.7. The van der Waals surface area contributed by atoms with E-state index >= 15 is 0 Å². The Bertz CT molecular complexity index is 609. The van der Waals surface area contributed by atoms with Crippen molar-refractivity contribution >= 4 is 23.3 Å². The van der Waals surface area contributed by atoms with Crippen molar-refractivity contribution in [1.29, 1.82) is 0 Å². The van der Waals surface area contributed by atoms with E-state index in [-0.39, 0.29) is 12.4 Å². The van der Waals surface area contributed by atoms with Crippen molar-refractivity contribution in [2.75, 3.05) is 13.1 Å². The van der Waals surface area contributed by atoms with Crippen molar-refractivity contribution in [3.8, 4) is 0 Å². The second-order valence-corrected chi connectivity index (χ2v) is 5.41. The van der Waals surface area contributed by atoms with E-state index < -0.39 is 0 Å². The van der Waals surface area contributed by atoms with Gasteiger partial charge in [-0.2, -0.15) is 0 Å². The first-order chi connectivity index (χ1) is 8.33. The number of aromatic nitrogens is 1. The summed E-state index contributed by atoms with van der Waals surface area (Å²) in [6.45, 7) is 4.46. The number of piperidine rings is 1. The lowest BCUT2D eigenvalue weighted by molar-refractivity contribution is 0.454. The molecule has 94 valence electrons. The third kappa shape index (κ3) is 1.56. The van der Waals surface area contributed by atoms with Crippen molar-refractivity contribution in [1.82, 2.24) is 10.3 Å². The highest BCUT2D eigenvalue weighted by molar-refractivity contribution is 5.85. The molecule has 1 aromatic heterocycles. The predicted molar refractivity (Wildman–Crippen MR) is 76.7 cm³/mol. The second-order valence-electron chi connectivity index (χ2n) is 5.41. The number of pyridine rings is 1. The molecule has 1 fully saturated rings. The average Bonchev–Trinajstić information content (AvgIpc) is 2.60. The number of fused-ring (bicyclic) bond motifs is 6. The van der Waals surface area contributed by atoms with Gasteiger partial charge in [-0.1, -0.05) is 0 Å². The van der Waals surface area contributed by atoms with Gasteiger partial charge in [0.1, 0.15) is 0 Å². The Balaban J connectivity index is 0.000001000. The Labute approximate surface area is 113 Å². The molecule has 18 heavy (non-hydrogen) atoms. The molecule has 2 aromatic rings. The molecule has 0 amide bonds. The molecule has 2 unspecified atom stereocenters. The van der Waals surface area contributed by atoms with Crippen LogP contribution in [-0.2, 0) is 0 Å². The van der Waals surface area contributed by atoms with Gasteiger partial charge in [0.2, 0.25) is 0 Å². The van der Waals surface area contributed by atoms with Crippen LogP contribution in [-0.4, -0.2) is 18.1 Å². The summed E-state index contributed by atoms with van der Waals surface area (Å²) in [6.07, 6.45) is 3.25. The van der Waals surface area contributed by atoms with E-state index in [1.165, 1.54) is 17.4 Å². The summed E-state index contributed by atoms with van der Waals surface area (Å²) in [5.74, 6) is 1.45. The summed E-state index contributed by atoms with van der Waals surface area (Å²) in [5.41, 5.74) is 5.62. The maximum absolute atomic E-state index is 4.51. The van der Waals surface area contributed by atoms with Crippen LogP contribution in [0.1, 0.15) is 34.9 Å². The van der Waals surface area contributed by atoms with Crippen LogP contribution in [0.25, 0.3) is 10.9 Å². The van der Waals surface area contributed by atoms with Crippen LogP contribution in [0, 0.1) is 6.92 Å². The van der Waals surface area contributed by atoms with Crippen LogP contribution >= 0.6 is 12.4 Å². The van der Waals surface area contributed by atoms with E-state index in [9.17, 15) is 0 Å². The van der Waals surface area contributed by atoms with Crippen LogP contribution in [0.2, 0.25) is 0 Å². The Hall–Kier alpha value is -1.12. The first-order valence-electron chi connectivity index (χ1n) is 6.43. The highest BCUT2D eigenvalue weighted by Crippen LogP contribution is 2.44. The minimum absolute atomic E-state index is 0. The van der Waals surface area contributed by atoms with Crippen LogP contribution in [0.3, 0.4) is 0 Å². The monoisotopic (exact) mass is 260 g/mol. The minimum atomic E-state index is 0. The zero-order chi connectivity index (χ0) is 11.4. The maximum Gasteiger partial charge on any atom is 0.0707 e. The fraction of sp³-hybridized carbons (Fsp3) is 0.400. The lowest BCUT2D eigenvalue weighted by atomic mass is 9.97. The summed E-state index contributed by atoms with van der Waals surface area (Å²) in [5, 5.41) is 4.87. The van der Waals surface area contributed by atoms with Gasteiger partial charge in [-0.3, -0.25) is 4.98 Å². The van der Waals surface area contributed by atoms with Gasteiger partial charge in [0.25, 0.3) is 0 Å². The van der Waals surface area contributed by atoms with Gasteiger partial charge >= 0.3 is 0 Å². The number of halogens is 1. The first-order valence-corrected chi connectivity index (χ1v) is 6.43. The molecule has 2 atom stereocenters. The van der Waals surface area contributed by atoms with Crippen LogP contribution in [0.15, 0.2) is 24.4 Å². The highest BCUT2D eigenvalue weighted by atomic mass is 35.5. The largest absolute Gasteiger partial charge is 0.316 e. The Kier molecular flexibility index (Phi) is 2.80. The number of aryl methyl sites for hydroxylation is 1. The van der Waals surface area contributed by atoms with E-state index in [0.717, 1.165) is 30.4 Å². The summed E-state index contributed by atoms with van der Waals surface area (Å²) in [7, 11) is 0. The summed E-state index contributed by atoms with van der Waals surface area (Å²) in [4.78, 5) is 4.51. The van der Waals surface area contributed by atoms with Crippen molar-refractivity contribution in [3.63, 3.8) is 0 Å². The molecule has 3 heteroatoms. The number of rotatable bonds is 0. The fourth-order valence-electron chi connectivity index (χ4n) is 3.49. The summed E-state index contributed by atoms with van der Waals surface area (Å²) >= 11 is 0. The molecule has 1 aromatic carbocycles. The summed E-state index contributed by atoms with van der Waals surface area (Å²) < 4.78 is 0. The molecule has 1 aliphatic carbocycles. The molecular weight excluding hydrogens is 244 g/mol. The number of benzene rings is 1. The van der Waals surface area contributed by atoms with Crippen molar-refractivity contribution in [2.24, 2.45) is 0 Å². The quantitative estimate of drug-likeness (QED) is 0.787. The molecule has 1 saturated heterocycles. The molecule has 0 radical (unpaired) electrons. The smallest absolute Gasteiger partial charge is 0.0707 e.